The molecular weight excluding hydrogens is 358 g/mol. The number of pyridine rings is 1. The third-order valence-corrected chi connectivity index (χ3v) is 6.49. The van der Waals surface area contributed by atoms with E-state index in [1.807, 2.05) is 24.4 Å². The molecule has 0 bridgehead atoms. The van der Waals surface area contributed by atoms with Crippen LogP contribution in [0.1, 0.15) is 77.5 Å². The van der Waals surface area contributed by atoms with Crippen molar-refractivity contribution in [3.05, 3.63) is 65.0 Å². The second kappa shape index (κ2) is 9.39. The summed E-state index contributed by atoms with van der Waals surface area (Å²) in [5, 5.41) is 0. The first kappa shape index (κ1) is 19.9. The summed E-state index contributed by atoms with van der Waals surface area (Å²) in [5.74, 6) is 2.24. The molecule has 2 atom stereocenters. The summed E-state index contributed by atoms with van der Waals surface area (Å²) in [4.78, 5) is 17.4. The van der Waals surface area contributed by atoms with Crippen LogP contribution in [0.15, 0.2) is 42.6 Å². The fourth-order valence-electron chi connectivity index (χ4n) is 4.97. The molecule has 1 heterocycles. The van der Waals surface area contributed by atoms with Gasteiger partial charge in [0.15, 0.2) is 0 Å². The second-order valence-corrected chi connectivity index (χ2v) is 8.53. The van der Waals surface area contributed by atoms with Gasteiger partial charge in [-0.05, 0) is 79.3 Å². The number of Topliss-reactive ketones (excluding diaryl/α,β-unsaturated/α-hetero) is 1. The number of hydrogen-bond acceptors (Lipinski definition) is 3. The van der Waals surface area contributed by atoms with Gasteiger partial charge in [0.05, 0.1) is 12.8 Å². The van der Waals surface area contributed by atoms with Gasteiger partial charge in [0.1, 0.15) is 11.5 Å². The van der Waals surface area contributed by atoms with E-state index in [1.165, 1.54) is 41.6 Å². The summed E-state index contributed by atoms with van der Waals surface area (Å²) >= 11 is 0. The lowest BCUT2D eigenvalue weighted by Crippen LogP contribution is -2.19. The Balaban J connectivity index is 0.00000171. The first-order chi connectivity index (χ1) is 14.2. The van der Waals surface area contributed by atoms with Crippen molar-refractivity contribution in [2.24, 2.45) is 5.92 Å². The zero-order chi connectivity index (χ0) is 20.1. The SMILES string of the molecule is COc1cccc(CCC(=O)C[C@@H]2CCCC(c3nccc4c3C=CCC4)C2)c1.[HH].[HH].[HH]. The van der Waals surface area contributed by atoms with Gasteiger partial charge in [-0.2, -0.15) is 0 Å². The molecule has 1 unspecified atom stereocenters. The lowest BCUT2D eigenvalue weighted by molar-refractivity contribution is -0.120. The molecular formula is C26H37NO2. The molecule has 4 rings (SSSR count). The Morgan fingerprint density at radius 2 is 2.21 bits per heavy atom. The molecule has 1 fully saturated rings. The van der Waals surface area contributed by atoms with Crippen molar-refractivity contribution in [3.8, 4) is 5.75 Å². The molecule has 0 saturated heterocycles. The smallest absolute Gasteiger partial charge is 0.133 e. The van der Waals surface area contributed by atoms with Gasteiger partial charge in [-0.15, -0.1) is 0 Å². The van der Waals surface area contributed by atoms with E-state index in [9.17, 15) is 4.79 Å². The Morgan fingerprint density at radius 3 is 3.10 bits per heavy atom. The zero-order valence-corrected chi connectivity index (χ0v) is 17.4. The quantitative estimate of drug-likeness (QED) is 0.526. The van der Waals surface area contributed by atoms with E-state index in [0.717, 1.165) is 31.4 Å². The number of rotatable bonds is 7. The maximum Gasteiger partial charge on any atom is 0.133 e. The summed E-state index contributed by atoms with van der Waals surface area (Å²) in [6.07, 6.45) is 15.6. The average Bonchev–Trinajstić information content (AvgIpc) is 2.77. The number of benzene rings is 1. The highest BCUT2D eigenvalue weighted by Gasteiger charge is 2.27. The number of methoxy groups -OCH3 is 1. The van der Waals surface area contributed by atoms with Gasteiger partial charge in [-0.3, -0.25) is 9.78 Å². The topological polar surface area (TPSA) is 39.2 Å². The number of aryl methyl sites for hydroxylation is 2. The lowest BCUT2D eigenvalue weighted by atomic mass is 9.75. The molecule has 158 valence electrons. The minimum Gasteiger partial charge on any atom is -0.497 e. The Morgan fingerprint density at radius 1 is 1.28 bits per heavy atom. The normalized spacial score (nSPS) is 20.9. The van der Waals surface area contributed by atoms with Crippen molar-refractivity contribution >= 4 is 11.9 Å². The van der Waals surface area contributed by atoms with Crippen LogP contribution in [0.25, 0.3) is 6.08 Å². The maximum absolute atomic E-state index is 12.7. The number of ether oxygens (including phenoxy) is 1. The van der Waals surface area contributed by atoms with E-state index in [1.54, 1.807) is 7.11 Å². The summed E-state index contributed by atoms with van der Waals surface area (Å²) in [7, 11) is 1.68. The Kier molecular flexibility index (Phi) is 6.43. The van der Waals surface area contributed by atoms with Crippen LogP contribution in [0.2, 0.25) is 0 Å². The van der Waals surface area contributed by atoms with Gasteiger partial charge in [-0.25, -0.2) is 0 Å². The average molecular weight is 396 g/mol. The minimum absolute atomic E-state index is 0. The van der Waals surface area contributed by atoms with Crippen LogP contribution in [0, 0.1) is 5.92 Å². The molecule has 0 aliphatic heterocycles. The molecule has 2 aliphatic carbocycles. The summed E-state index contributed by atoms with van der Waals surface area (Å²) in [6.45, 7) is 0. The van der Waals surface area contributed by atoms with Crippen molar-refractivity contribution < 1.29 is 13.8 Å². The Labute approximate surface area is 178 Å². The Bertz CT molecular complexity index is 900. The summed E-state index contributed by atoms with van der Waals surface area (Å²) in [5.41, 5.74) is 5.24. The van der Waals surface area contributed by atoms with Crippen LogP contribution in [0.5, 0.6) is 5.75 Å². The number of carbonyl (C=O) groups excluding carboxylic acids is 1. The fourth-order valence-corrected chi connectivity index (χ4v) is 4.97. The van der Waals surface area contributed by atoms with Crippen molar-refractivity contribution in [2.75, 3.05) is 7.11 Å². The second-order valence-electron chi connectivity index (χ2n) is 8.53. The van der Waals surface area contributed by atoms with E-state index in [4.69, 9.17) is 9.72 Å². The lowest BCUT2D eigenvalue weighted by Gasteiger charge is -2.30. The molecule has 2 aliphatic rings. The number of hydrogen-bond donors (Lipinski definition) is 0. The predicted octanol–water partition coefficient (Wildman–Crippen LogP) is 6.65. The van der Waals surface area contributed by atoms with E-state index in [-0.39, 0.29) is 4.28 Å². The van der Waals surface area contributed by atoms with E-state index in [0.29, 0.717) is 30.5 Å². The highest BCUT2D eigenvalue weighted by molar-refractivity contribution is 5.79. The molecule has 0 spiro atoms. The highest BCUT2D eigenvalue weighted by Crippen LogP contribution is 2.39. The molecule has 0 amide bonds. The Hall–Kier alpha value is -2.42. The van der Waals surface area contributed by atoms with Crippen LogP contribution in [0.3, 0.4) is 0 Å². The first-order valence-electron chi connectivity index (χ1n) is 11.0. The van der Waals surface area contributed by atoms with E-state index < -0.39 is 0 Å². The van der Waals surface area contributed by atoms with Crippen molar-refractivity contribution in [1.82, 2.24) is 4.98 Å². The van der Waals surface area contributed by atoms with Crippen LogP contribution >= 0.6 is 0 Å². The molecule has 0 N–H and O–H groups in total. The van der Waals surface area contributed by atoms with Crippen molar-refractivity contribution in [1.29, 1.82) is 0 Å². The molecule has 3 heteroatoms. The van der Waals surface area contributed by atoms with Gasteiger partial charge in [0.25, 0.3) is 0 Å². The van der Waals surface area contributed by atoms with Crippen LogP contribution in [-0.4, -0.2) is 17.9 Å². The van der Waals surface area contributed by atoms with Crippen LogP contribution in [-0.2, 0) is 17.6 Å². The van der Waals surface area contributed by atoms with Crippen molar-refractivity contribution in [3.63, 3.8) is 0 Å². The highest BCUT2D eigenvalue weighted by atomic mass is 16.5. The number of fused-ring (bicyclic) bond motifs is 1. The third-order valence-electron chi connectivity index (χ3n) is 6.49. The fraction of sp³-hybridized carbons (Fsp3) is 0.462. The number of carbonyl (C=O) groups is 1. The number of aromatic nitrogens is 1. The molecule has 1 aromatic carbocycles. The largest absolute Gasteiger partial charge is 0.497 e. The van der Waals surface area contributed by atoms with E-state index in [2.05, 4.69) is 24.3 Å². The summed E-state index contributed by atoms with van der Waals surface area (Å²) < 4.78 is 5.28. The van der Waals surface area contributed by atoms with Crippen LogP contribution in [0.4, 0.5) is 0 Å². The molecule has 1 saturated carbocycles. The van der Waals surface area contributed by atoms with Crippen molar-refractivity contribution in [2.45, 2.75) is 63.7 Å². The van der Waals surface area contributed by atoms with Gasteiger partial charge in [0.2, 0.25) is 0 Å². The van der Waals surface area contributed by atoms with Gasteiger partial charge >= 0.3 is 0 Å². The van der Waals surface area contributed by atoms with E-state index >= 15 is 0 Å². The standard InChI is InChI=1S/C26H31NO2.3H2/c1-29-24-10-5-6-19(18-24)12-13-23(28)17-20-7-4-9-22(16-20)26-25-11-3-2-8-21(25)14-15-27-26;;;/h3,5-6,10-11,14-15,18,20,22H,2,4,7-9,12-13,16-17H2,1H3;3*1H/t20-,22?;;;/m1.../s1. The number of nitrogens with zero attached hydrogens (tertiary/aromatic N) is 1. The number of ketones is 1. The molecule has 3 nitrogen and oxygen atoms in total. The minimum atomic E-state index is 0. The maximum atomic E-state index is 12.7. The van der Waals surface area contributed by atoms with Gasteiger partial charge < -0.3 is 4.74 Å². The monoisotopic (exact) mass is 395 g/mol. The molecule has 29 heavy (non-hydrogen) atoms. The van der Waals surface area contributed by atoms with Gasteiger partial charge in [0, 0.05) is 29.2 Å². The molecule has 1 aromatic heterocycles. The molecule has 2 aromatic rings. The molecule has 0 radical (unpaired) electrons. The predicted molar refractivity (Wildman–Crippen MR) is 124 cm³/mol. The van der Waals surface area contributed by atoms with Crippen LogP contribution < -0.4 is 4.74 Å². The first-order valence-corrected chi connectivity index (χ1v) is 11.0. The summed E-state index contributed by atoms with van der Waals surface area (Å²) in [6, 6.07) is 10.2. The van der Waals surface area contributed by atoms with Gasteiger partial charge in [-0.1, -0.05) is 30.7 Å². The number of allylic oxidation sites excluding steroid dienone is 1. The zero-order valence-electron chi connectivity index (χ0n) is 17.4. The third kappa shape index (κ3) is 4.95.